The first kappa shape index (κ1) is 17.6. The Hall–Kier alpha value is -2.73. The second kappa shape index (κ2) is 7.70. The second-order valence-electron chi connectivity index (χ2n) is 4.76. The summed E-state index contributed by atoms with van der Waals surface area (Å²) in [5.74, 6) is 1.55. The van der Waals surface area contributed by atoms with Crippen LogP contribution in [0.2, 0.25) is 5.02 Å². The van der Waals surface area contributed by atoms with E-state index in [0.717, 1.165) is 5.56 Å². The average Bonchev–Trinajstić information content (AvgIpc) is 2.59. The zero-order valence-corrected chi connectivity index (χ0v) is 14.2. The zero-order chi connectivity index (χ0) is 17.7. The van der Waals surface area contributed by atoms with Gasteiger partial charge in [-0.05, 0) is 29.3 Å². The third-order valence-electron chi connectivity index (χ3n) is 3.32. The number of ether oxygens (including phenoxy) is 3. The molecule has 126 valence electrons. The number of rotatable bonds is 6. The van der Waals surface area contributed by atoms with Crippen LogP contribution in [0.1, 0.15) is 11.1 Å². The van der Waals surface area contributed by atoms with E-state index in [4.69, 9.17) is 25.8 Å². The lowest BCUT2D eigenvalue weighted by molar-refractivity contribution is -0.384. The Labute approximate surface area is 144 Å². The van der Waals surface area contributed by atoms with Gasteiger partial charge in [0.05, 0.1) is 26.3 Å². The van der Waals surface area contributed by atoms with E-state index in [1.54, 1.807) is 30.4 Å². The first-order chi connectivity index (χ1) is 11.5. The summed E-state index contributed by atoms with van der Waals surface area (Å²) in [6.45, 7) is 0. The van der Waals surface area contributed by atoms with Gasteiger partial charge in [0.2, 0.25) is 5.75 Å². The van der Waals surface area contributed by atoms with Crippen molar-refractivity contribution >= 4 is 29.4 Å². The van der Waals surface area contributed by atoms with Gasteiger partial charge in [-0.2, -0.15) is 0 Å². The smallest absolute Gasteiger partial charge is 0.288 e. The van der Waals surface area contributed by atoms with Crippen molar-refractivity contribution in [1.29, 1.82) is 0 Å². The average molecular weight is 350 g/mol. The van der Waals surface area contributed by atoms with Crippen LogP contribution in [-0.2, 0) is 0 Å². The minimum Gasteiger partial charge on any atom is -0.493 e. The Morgan fingerprint density at radius 3 is 2.04 bits per heavy atom. The van der Waals surface area contributed by atoms with E-state index in [1.165, 1.54) is 33.5 Å². The number of benzene rings is 2. The Balaban J connectivity index is 2.39. The highest BCUT2D eigenvalue weighted by atomic mass is 35.5. The summed E-state index contributed by atoms with van der Waals surface area (Å²) in [5, 5.41) is 11.0. The molecule has 2 aromatic carbocycles. The van der Waals surface area contributed by atoms with Gasteiger partial charge in [-0.25, -0.2) is 0 Å². The van der Waals surface area contributed by atoms with E-state index in [9.17, 15) is 10.1 Å². The first-order valence-corrected chi connectivity index (χ1v) is 7.30. The minimum atomic E-state index is -0.515. The highest BCUT2D eigenvalue weighted by Crippen LogP contribution is 2.38. The molecule has 0 heterocycles. The van der Waals surface area contributed by atoms with Crippen LogP contribution >= 0.6 is 11.6 Å². The molecule has 7 heteroatoms. The quantitative estimate of drug-likeness (QED) is 0.438. The van der Waals surface area contributed by atoms with Gasteiger partial charge in [0.25, 0.3) is 5.69 Å². The second-order valence-corrected chi connectivity index (χ2v) is 5.17. The summed E-state index contributed by atoms with van der Waals surface area (Å²) >= 11 is 5.81. The van der Waals surface area contributed by atoms with Gasteiger partial charge in [0.1, 0.15) is 5.02 Å². The summed E-state index contributed by atoms with van der Waals surface area (Å²) in [4.78, 5) is 10.4. The third kappa shape index (κ3) is 3.78. The summed E-state index contributed by atoms with van der Waals surface area (Å²) in [5.41, 5.74) is 1.31. The largest absolute Gasteiger partial charge is 0.493 e. The van der Waals surface area contributed by atoms with Crippen LogP contribution in [0.15, 0.2) is 30.3 Å². The van der Waals surface area contributed by atoms with Crippen molar-refractivity contribution in [2.45, 2.75) is 0 Å². The molecule has 0 saturated carbocycles. The Kier molecular flexibility index (Phi) is 5.65. The molecule has 0 spiro atoms. The lowest BCUT2D eigenvalue weighted by Crippen LogP contribution is -1.95. The molecule has 2 aromatic rings. The monoisotopic (exact) mass is 349 g/mol. The molecule has 0 radical (unpaired) electrons. The summed E-state index contributed by atoms with van der Waals surface area (Å²) in [7, 11) is 4.60. The van der Waals surface area contributed by atoms with Gasteiger partial charge in [0, 0.05) is 6.07 Å². The topological polar surface area (TPSA) is 70.8 Å². The molecule has 2 rings (SSSR count). The van der Waals surface area contributed by atoms with Crippen molar-refractivity contribution in [2.24, 2.45) is 0 Å². The molecule has 0 unspecified atom stereocenters. The fraction of sp³-hybridized carbons (Fsp3) is 0.176. The van der Waals surface area contributed by atoms with Crippen LogP contribution in [0.25, 0.3) is 12.2 Å². The van der Waals surface area contributed by atoms with E-state index in [0.29, 0.717) is 22.8 Å². The van der Waals surface area contributed by atoms with Crippen LogP contribution in [-0.4, -0.2) is 26.3 Å². The highest BCUT2D eigenvalue weighted by Gasteiger charge is 2.13. The molecule has 0 fully saturated rings. The minimum absolute atomic E-state index is 0.102. The molecule has 0 aliphatic heterocycles. The zero-order valence-electron chi connectivity index (χ0n) is 13.4. The van der Waals surface area contributed by atoms with Crippen molar-refractivity contribution < 1.29 is 19.1 Å². The molecule has 0 atom stereocenters. The number of halogens is 1. The molecule has 0 aliphatic carbocycles. The van der Waals surface area contributed by atoms with Crippen molar-refractivity contribution in [3.8, 4) is 17.2 Å². The number of hydrogen-bond donors (Lipinski definition) is 0. The van der Waals surface area contributed by atoms with Gasteiger partial charge in [0.15, 0.2) is 11.5 Å². The molecule has 0 bridgehead atoms. The van der Waals surface area contributed by atoms with Crippen molar-refractivity contribution in [2.75, 3.05) is 21.3 Å². The van der Waals surface area contributed by atoms with Gasteiger partial charge < -0.3 is 14.2 Å². The summed E-state index contributed by atoms with van der Waals surface area (Å²) in [6, 6.07) is 8.17. The van der Waals surface area contributed by atoms with Gasteiger partial charge >= 0.3 is 0 Å². The maximum atomic E-state index is 10.9. The maximum absolute atomic E-state index is 10.9. The number of nitro groups is 1. The van der Waals surface area contributed by atoms with Gasteiger partial charge in [-0.15, -0.1) is 0 Å². The van der Waals surface area contributed by atoms with Crippen LogP contribution in [0.4, 0.5) is 5.69 Å². The van der Waals surface area contributed by atoms with E-state index >= 15 is 0 Å². The predicted molar refractivity (Wildman–Crippen MR) is 93.1 cm³/mol. The van der Waals surface area contributed by atoms with Gasteiger partial charge in [-0.1, -0.05) is 29.8 Å². The number of hydrogen-bond acceptors (Lipinski definition) is 5. The molecule has 0 amide bonds. The normalized spacial score (nSPS) is 10.7. The lowest BCUT2D eigenvalue weighted by Gasteiger charge is -2.12. The molecule has 0 saturated heterocycles. The van der Waals surface area contributed by atoms with Gasteiger partial charge in [-0.3, -0.25) is 10.1 Å². The predicted octanol–water partition coefficient (Wildman–Crippen LogP) is 4.44. The van der Waals surface area contributed by atoms with E-state index in [1.807, 2.05) is 0 Å². The molecular formula is C17H16ClNO5. The van der Waals surface area contributed by atoms with Crippen molar-refractivity contribution in [3.63, 3.8) is 0 Å². The molecule has 0 N–H and O–H groups in total. The summed E-state index contributed by atoms with van der Waals surface area (Å²) < 4.78 is 15.9. The first-order valence-electron chi connectivity index (χ1n) is 6.92. The van der Waals surface area contributed by atoms with Crippen LogP contribution in [0, 0.1) is 10.1 Å². The molecule has 0 aromatic heterocycles. The standard InChI is InChI=1S/C17H16ClNO5/c1-22-15-9-12(10-16(23-2)17(15)24-3)5-4-11-6-7-13(18)14(8-11)19(20)21/h4-10H,1-3H3/b5-4-. The molecule has 6 nitrogen and oxygen atoms in total. The maximum Gasteiger partial charge on any atom is 0.288 e. The number of methoxy groups -OCH3 is 3. The SMILES string of the molecule is COc1cc(/C=C\c2ccc(Cl)c([N+](=O)[O-])c2)cc(OC)c1OC. The van der Waals surface area contributed by atoms with Crippen LogP contribution < -0.4 is 14.2 Å². The molecule has 24 heavy (non-hydrogen) atoms. The lowest BCUT2D eigenvalue weighted by atomic mass is 10.1. The number of nitro benzene ring substituents is 1. The van der Waals surface area contributed by atoms with E-state index in [-0.39, 0.29) is 10.7 Å². The Bertz CT molecular complexity index is 764. The number of nitrogens with zero attached hydrogens (tertiary/aromatic N) is 1. The fourth-order valence-electron chi connectivity index (χ4n) is 2.16. The fourth-order valence-corrected chi connectivity index (χ4v) is 2.35. The van der Waals surface area contributed by atoms with E-state index < -0.39 is 4.92 Å². The third-order valence-corrected chi connectivity index (χ3v) is 3.64. The van der Waals surface area contributed by atoms with Crippen LogP contribution in [0.5, 0.6) is 17.2 Å². The van der Waals surface area contributed by atoms with Crippen molar-refractivity contribution in [3.05, 3.63) is 56.6 Å². The van der Waals surface area contributed by atoms with E-state index in [2.05, 4.69) is 0 Å². The highest BCUT2D eigenvalue weighted by molar-refractivity contribution is 6.32. The van der Waals surface area contributed by atoms with Crippen molar-refractivity contribution in [1.82, 2.24) is 0 Å². The molecule has 0 aliphatic rings. The summed E-state index contributed by atoms with van der Waals surface area (Å²) in [6.07, 6.45) is 3.53. The van der Waals surface area contributed by atoms with Crippen LogP contribution in [0.3, 0.4) is 0 Å². The molecular weight excluding hydrogens is 334 g/mol. The Morgan fingerprint density at radius 1 is 0.958 bits per heavy atom. The Morgan fingerprint density at radius 2 is 1.54 bits per heavy atom.